The number of fused-ring (bicyclic) bond motifs is 1. The molecule has 0 aromatic carbocycles. The van der Waals surface area contributed by atoms with Gasteiger partial charge in [0, 0.05) is 4.88 Å². The molecule has 0 saturated heterocycles. The molecule has 8 heteroatoms. The fourth-order valence-electron chi connectivity index (χ4n) is 2.24. The molecule has 0 aliphatic heterocycles. The van der Waals surface area contributed by atoms with Crippen LogP contribution in [0.15, 0.2) is 11.1 Å². The summed E-state index contributed by atoms with van der Waals surface area (Å²) in [5.74, 6) is 0.428. The van der Waals surface area contributed by atoms with Crippen molar-refractivity contribution in [2.24, 2.45) is 0 Å². The van der Waals surface area contributed by atoms with E-state index in [1.165, 1.54) is 22.2 Å². The monoisotopic (exact) mass is 310 g/mol. The highest BCUT2D eigenvalue weighted by atomic mass is 32.1. The molecular formula is C14H10N6OS. The van der Waals surface area contributed by atoms with Crippen molar-refractivity contribution in [3.63, 3.8) is 0 Å². The number of aryl methyl sites for hydroxylation is 2. The number of aromatic nitrogens is 4. The summed E-state index contributed by atoms with van der Waals surface area (Å²) in [6, 6.07) is 3.80. The molecule has 0 spiro atoms. The van der Waals surface area contributed by atoms with Crippen LogP contribution in [0.25, 0.3) is 10.2 Å². The Kier molecular flexibility index (Phi) is 3.24. The first-order chi connectivity index (χ1) is 10.5. The van der Waals surface area contributed by atoms with Crippen LogP contribution in [0.5, 0.6) is 0 Å². The predicted octanol–water partition coefficient (Wildman–Crippen LogP) is 1.59. The molecule has 0 aliphatic carbocycles. The van der Waals surface area contributed by atoms with Crippen molar-refractivity contribution in [1.29, 1.82) is 10.5 Å². The molecule has 0 radical (unpaired) electrons. The van der Waals surface area contributed by atoms with E-state index < -0.39 is 0 Å². The quantitative estimate of drug-likeness (QED) is 0.772. The molecule has 3 aromatic heterocycles. The molecule has 0 amide bonds. The smallest absolute Gasteiger partial charge is 0.259 e. The number of hydrogen-bond donors (Lipinski definition) is 1. The van der Waals surface area contributed by atoms with Crippen LogP contribution in [0, 0.1) is 36.5 Å². The third-order valence-corrected chi connectivity index (χ3v) is 4.56. The number of aromatic amines is 1. The lowest BCUT2D eigenvalue weighted by Crippen LogP contribution is -2.14. The number of nitrogens with one attached hydrogen (secondary N) is 1. The second kappa shape index (κ2) is 5.10. The highest BCUT2D eigenvalue weighted by molar-refractivity contribution is 7.18. The first-order valence-electron chi connectivity index (χ1n) is 6.39. The summed E-state index contributed by atoms with van der Waals surface area (Å²) >= 11 is 1.46. The number of imidazole rings is 1. The summed E-state index contributed by atoms with van der Waals surface area (Å²) in [6.45, 7) is 4.02. The van der Waals surface area contributed by atoms with Crippen molar-refractivity contribution in [2.75, 3.05) is 0 Å². The van der Waals surface area contributed by atoms with Gasteiger partial charge in [0.15, 0.2) is 11.4 Å². The molecule has 0 atom stereocenters. The van der Waals surface area contributed by atoms with Crippen LogP contribution in [0.4, 0.5) is 0 Å². The third-order valence-electron chi connectivity index (χ3n) is 3.46. The van der Waals surface area contributed by atoms with E-state index in [1.807, 2.05) is 26.0 Å². The summed E-state index contributed by atoms with van der Waals surface area (Å²) in [4.78, 5) is 25.0. The van der Waals surface area contributed by atoms with E-state index in [-0.39, 0.29) is 23.5 Å². The predicted molar refractivity (Wildman–Crippen MR) is 80.5 cm³/mol. The molecule has 0 saturated carbocycles. The van der Waals surface area contributed by atoms with Crippen LogP contribution in [0.2, 0.25) is 0 Å². The van der Waals surface area contributed by atoms with E-state index in [1.54, 1.807) is 0 Å². The molecule has 0 fully saturated rings. The molecule has 3 heterocycles. The van der Waals surface area contributed by atoms with Crippen molar-refractivity contribution < 1.29 is 0 Å². The van der Waals surface area contributed by atoms with Gasteiger partial charge in [0.25, 0.3) is 5.56 Å². The Morgan fingerprint density at radius 1 is 1.36 bits per heavy atom. The van der Waals surface area contributed by atoms with E-state index >= 15 is 0 Å². The Balaban J connectivity index is 2.10. The standard InChI is InChI=1S/C14H10N6OS/c1-7-8(2)22-14-12(7)13(21)18-11(19-14)5-20-6-17-9(3-15)10(20)4-16/h6H,5H2,1-2H3,(H,18,19,21). The lowest BCUT2D eigenvalue weighted by atomic mass is 10.2. The van der Waals surface area contributed by atoms with Gasteiger partial charge in [0.05, 0.1) is 18.3 Å². The molecule has 22 heavy (non-hydrogen) atoms. The highest BCUT2D eigenvalue weighted by Crippen LogP contribution is 2.25. The zero-order valence-electron chi connectivity index (χ0n) is 11.8. The van der Waals surface area contributed by atoms with Crippen molar-refractivity contribution in [2.45, 2.75) is 20.4 Å². The SMILES string of the molecule is Cc1sc2nc(Cn3cnc(C#N)c3C#N)[nH]c(=O)c2c1C. The van der Waals surface area contributed by atoms with E-state index in [2.05, 4.69) is 15.0 Å². The third kappa shape index (κ3) is 2.07. The van der Waals surface area contributed by atoms with Crippen LogP contribution in [0.3, 0.4) is 0 Å². The largest absolute Gasteiger partial charge is 0.314 e. The fraction of sp³-hybridized carbons (Fsp3) is 0.214. The van der Waals surface area contributed by atoms with E-state index in [0.29, 0.717) is 16.0 Å². The minimum absolute atomic E-state index is 0.0636. The van der Waals surface area contributed by atoms with Gasteiger partial charge in [-0.15, -0.1) is 11.3 Å². The van der Waals surface area contributed by atoms with Gasteiger partial charge in [-0.25, -0.2) is 9.97 Å². The van der Waals surface area contributed by atoms with Crippen molar-refractivity contribution in [3.05, 3.63) is 44.3 Å². The van der Waals surface area contributed by atoms with Crippen molar-refractivity contribution in [3.8, 4) is 12.1 Å². The van der Waals surface area contributed by atoms with Gasteiger partial charge in [-0.2, -0.15) is 10.5 Å². The van der Waals surface area contributed by atoms with Gasteiger partial charge in [-0.3, -0.25) is 4.79 Å². The molecule has 3 aromatic rings. The zero-order valence-corrected chi connectivity index (χ0v) is 12.7. The van der Waals surface area contributed by atoms with Crippen molar-refractivity contribution in [1.82, 2.24) is 19.5 Å². The van der Waals surface area contributed by atoms with Gasteiger partial charge < -0.3 is 9.55 Å². The topological polar surface area (TPSA) is 111 Å². The van der Waals surface area contributed by atoms with Crippen LogP contribution in [0.1, 0.15) is 27.7 Å². The Morgan fingerprint density at radius 3 is 2.82 bits per heavy atom. The number of rotatable bonds is 2. The average molecular weight is 310 g/mol. The van der Waals surface area contributed by atoms with Gasteiger partial charge in [0.2, 0.25) is 0 Å². The highest BCUT2D eigenvalue weighted by Gasteiger charge is 2.14. The summed E-state index contributed by atoms with van der Waals surface area (Å²) in [5.41, 5.74) is 0.964. The van der Waals surface area contributed by atoms with Gasteiger partial charge in [0.1, 0.15) is 22.8 Å². The Bertz CT molecular complexity index is 1030. The lowest BCUT2D eigenvalue weighted by Gasteiger charge is -2.03. The first kappa shape index (κ1) is 14.0. The maximum Gasteiger partial charge on any atom is 0.259 e. The number of thiophene rings is 1. The summed E-state index contributed by atoms with van der Waals surface area (Å²) in [6.07, 6.45) is 1.40. The van der Waals surface area contributed by atoms with Crippen LogP contribution >= 0.6 is 11.3 Å². The molecule has 0 unspecified atom stereocenters. The number of nitrogens with zero attached hydrogens (tertiary/aromatic N) is 5. The van der Waals surface area contributed by atoms with E-state index in [0.717, 1.165) is 10.4 Å². The zero-order chi connectivity index (χ0) is 15.9. The summed E-state index contributed by atoms with van der Waals surface area (Å²) in [5, 5.41) is 18.6. The first-order valence-corrected chi connectivity index (χ1v) is 7.21. The minimum atomic E-state index is -0.194. The second-order valence-corrected chi connectivity index (χ2v) is 5.97. The number of H-pyrrole nitrogens is 1. The van der Waals surface area contributed by atoms with Gasteiger partial charge in [-0.1, -0.05) is 0 Å². The molecule has 0 bridgehead atoms. The molecular weight excluding hydrogens is 300 g/mol. The van der Waals surface area contributed by atoms with Crippen molar-refractivity contribution >= 4 is 21.6 Å². The Morgan fingerprint density at radius 2 is 2.14 bits per heavy atom. The molecule has 7 nitrogen and oxygen atoms in total. The number of nitriles is 2. The molecule has 0 aliphatic rings. The number of hydrogen-bond acceptors (Lipinski definition) is 6. The van der Waals surface area contributed by atoms with E-state index in [9.17, 15) is 4.79 Å². The van der Waals surface area contributed by atoms with E-state index in [4.69, 9.17) is 10.5 Å². The Hall–Kier alpha value is -2.97. The van der Waals surface area contributed by atoms with Crippen LogP contribution in [-0.2, 0) is 6.54 Å². The molecule has 1 N–H and O–H groups in total. The summed E-state index contributed by atoms with van der Waals surface area (Å²) < 4.78 is 1.50. The maximum absolute atomic E-state index is 12.2. The summed E-state index contributed by atoms with van der Waals surface area (Å²) in [7, 11) is 0. The minimum Gasteiger partial charge on any atom is -0.314 e. The van der Waals surface area contributed by atoms with Crippen LogP contribution in [-0.4, -0.2) is 19.5 Å². The second-order valence-electron chi connectivity index (χ2n) is 4.77. The lowest BCUT2D eigenvalue weighted by molar-refractivity contribution is 0.736. The maximum atomic E-state index is 12.2. The van der Waals surface area contributed by atoms with Gasteiger partial charge in [-0.05, 0) is 19.4 Å². The normalized spacial score (nSPS) is 10.5. The fourth-order valence-corrected chi connectivity index (χ4v) is 3.29. The average Bonchev–Trinajstić information content (AvgIpc) is 3.00. The van der Waals surface area contributed by atoms with Gasteiger partial charge >= 0.3 is 0 Å². The molecule has 108 valence electrons. The van der Waals surface area contributed by atoms with Crippen LogP contribution < -0.4 is 5.56 Å². The molecule has 3 rings (SSSR count). The Labute approximate surface area is 129 Å².